The number of thioether (sulfide) groups is 1. The number of methoxy groups -OCH3 is 1. The Kier molecular flexibility index (Phi) is 8.95. The van der Waals surface area contributed by atoms with Gasteiger partial charge in [-0.2, -0.15) is 5.10 Å². The van der Waals surface area contributed by atoms with Gasteiger partial charge in [0, 0.05) is 18.5 Å². The average Bonchev–Trinajstić information content (AvgIpc) is 3.33. The van der Waals surface area contributed by atoms with Crippen molar-refractivity contribution in [3.63, 3.8) is 0 Å². The molecule has 3 aromatic rings. The summed E-state index contributed by atoms with van der Waals surface area (Å²) in [6.45, 7) is 3.38. The summed E-state index contributed by atoms with van der Waals surface area (Å²) in [4.78, 5) is 23.7. The molecule has 9 nitrogen and oxygen atoms in total. The van der Waals surface area contributed by atoms with Crippen LogP contribution in [-0.4, -0.2) is 45.7 Å². The van der Waals surface area contributed by atoms with E-state index in [4.69, 9.17) is 9.47 Å². The van der Waals surface area contributed by atoms with Gasteiger partial charge in [0.2, 0.25) is 0 Å². The highest BCUT2D eigenvalue weighted by Crippen LogP contribution is 2.35. The van der Waals surface area contributed by atoms with Crippen LogP contribution in [-0.2, 0) is 9.59 Å². The van der Waals surface area contributed by atoms with Gasteiger partial charge in [-0.1, -0.05) is 60.9 Å². The van der Waals surface area contributed by atoms with Crippen molar-refractivity contribution < 1.29 is 19.1 Å². The van der Waals surface area contributed by atoms with Gasteiger partial charge >= 0.3 is 5.97 Å². The lowest BCUT2D eigenvalue weighted by molar-refractivity contribution is -0.132. The summed E-state index contributed by atoms with van der Waals surface area (Å²) < 4.78 is 12.6. The minimum atomic E-state index is -0.435. The molecule has 1 heterocycles. The number of ether oxygens (including phenoxy) is 2. The van der Waals surface area contributed by atoms with E-state index in [-0.39, 0.29) is 11.7 Å². The lowest BCUT2D eigenvalue weighted by atomic mass is 9.95. The zero-order valence-corrected chi connectivity index (χ0v) is 22.1. The third kappa shape index (κ3) is 6.97. The Hall–Kier alpha value is -3.66. The van der Waals surface area contributed by atoms with Crippen LogP contribution in [0.4, 0.5) is 0 Å². The third-order valence-corrected chi connectivity index (χ3v) is 7.03. The van der Waals surface area contributed by atoms with E-state index in [0.717, 1.165) is 29.4 Å². The predicted molar refractivity (Wildman–Crippen MR) is 143 cm³/mol. The van der Waals surface area contributed by atoms with Crippen LogP contribution in [0.1, 0.15) is 56.2 Å². The minimum Gasteiger partial charge on any atom is -0.493 e. The standard InChI is InChI=1S/C27H31N5O4S/c1-18-9-12-21(13-10-18)26-30-31-27(32(26)22-7-5-4-6-8-22)37-17-25(34)29-28-16-20-11-14-23(36-19(2)33)24(15-20)35-3/h9-16,22H,4-8,17H2,1-3H3,(H,29,34)/b28-16+. The van der Waals surface area contributed by atoms with E-state index < -0.39 is 5.97 Å². The zero-order valence-electron chi connectivity index (χ0n) is 21.3. The fourth-order valence-corrected chi connectivity index (χ4v) is 5.09. The molecule has 1 amide bonds. The molecular weight excluding hydrogens is 490 g/mol. The molecule has 37 heavy (non-hydrogen) atoms. The van der Waals surface area contributed by atoms with E-state index in [0.29, 0.717) is 23.1 Å². The lowest BCUT2D eigenvalue weighted by Gasteiger charge is -2.25. The number of carbonyl (C=O) groups is 2. The summed E-state index contributed by atoms with van der Waals surface area (Å²) in [5.41, 5.74) is 5.46. The van der Waals surface area contributed by atoms with E-state index in [2.05, 4.69) is 56.5 Å². The molecule has 0 saturated heterocycles. The molecule has 2 aromatic carbocycles. The number of aromatic nitrogens is 3. The number of hydrogen-bond acceptors (Lipinski definition) is 8. The third-order valence-electron chi connectivity index (χ3n) is 6.09. The highest BCUT2D eigenvalue weighted by Gasteiger charge is 2.24. The van der Waals surface area contributed by atoms with Crippen molar-refractivity contribution in [3.8, 4) is 22.9 Å². The molecule has 0 aliphatic heterocycles. The van der Waals surface area contributed by atoms with Crippen LogP contribution in [0.25, 0.3) is 11.4 Å². The topological polar surface area (TPSA) is 108 Å². The summed E-state index contributed by atoms with van der Waals surface area (Å²) in [6, 6.07) is 13.6. The molecule has 0 spiro atoms. The number of esters is 1. The van der Waals surface area contributed by atoms with Gasteiger partial charge in [0.05, 0.1) is 19.1 Å². The van der Waals surface area contributed by atoms with Gasteiger partial charge in [0.1, 0.15) is 0 Å². The predicted octanol–water partition coefficient (Wildman–Crippen LogP) is 4.94. The molecule has 1 fully saturated rings. The van der Waals surface area contributed by atoms with E-state index in [1.807, 2.05) is 0 Å². The molecule has 0 radical (unpaired) electrons. The number of carbonyl (C=O) groups excluding carboxylic acids is 2. The van der Waals surface area contributed by atoms with Crippen molar-refractivity contribution in [2.45, 2.75) is 57.1 Å². The van der Waals surface area contributed by atoms with Gasteiger partial charge in [0.15, 0.2) is 22.5 Å². The molecule has 0 atom stereocenters. The maximum absolute atomic E-state index is 12.5. The van der Waals surface area contributed by atoms with Crippen molar-refractivity contribution in [2.24, 2.45) is 5.10 Å². The van der Waals surface area contributed by atoms with E-state index in [1.165, 1.54) is 56.8 Å². The Morgan fingerprint density at radius 3 is 2.57 bits per heavy atom. The first-order valence-corrected chi connectivity index (χ1v) is 13.3. The fraction of sp³-hybridized carbons (Fsp3) is 0.370. The van der Waals surface area contributed by atoms with Crippen molar-refractivity contribution in [1.29, 1.82) is 0 Å². The maximum atomic E-state index is 12.5. The van der Waals surface area contributed by atoms with Crippen LogP contribution in [0.2, 0.25) is 0 Å². The van der Waals surface area contributed by atoms with Gasteiger partial charge in [-0.05, 0) is 43.5 Å². The van der Waals surface area contributed by atoms with Gasteiger partial charge in [-0.15, -0.1) is 10.2 Å². The summed E-state index contributed by atoms with van der Waals surface area (Å²) >= 11 is 1.36. The summed E-state index contributed by atoms with van der Waals surface area (Å²) in [7, 11) is 1.48. The van der Waals surface area contributed by atoms with Crippen LogP contribution in [0, 0.1) is 6.92 Å². The number of aryl methyl sites for hydroxylation is 1. The maximum Gasteiger partial charge on any atom is 0.308 e. The van der Waals surface area contributed by atoms with Gasteiger partial charge in [-0.3, -0.25) is 14.2 Å². The summed E-state index contributed by atoms with van der Waals surface area (Å²) in [5, 5.41) is 13.7. The average molecular weight is 522 g/mol. The Morgan fingerprint density at radius 1 is 1.11 bits per heavy atom. The molecule has 1 aliphatic carbocycles. The Morgan fingerprint density at radius 2 is 1.86 bits per heavy atom. The number of nitrogens with one attached hydrogen (secondary N) is 1. The Balaban J connectivity index is 1.41. The molecule has 0 bridgehead atoms. The summed E-state index contributed by atoms with van der Waals surface area (Å²) in [6.07, 6.45) is 7.29. The number of amides is 1. The quantitative estimate of drug-likeness (QED) is 0.140. The second-order valence-electron chi connectivity index (χ2n) is 8.92. The van der Waals surface area contributed by atoms with Crippen LogP contribution >= 0.6 is 11.8 Å². The largest absolute Gasteiger partial charge is 0.493 e. The summed E-state index contributed by atoms with van der Waals surface area (Å²) in [5.74, 6) is 1.03. The smallest absolute Gasteiger partial charge is 0.308 e. The normalized spacial score (nSPS) is 14.0. The molecule has 1 saturated carbocycles. The minimum absolute atomic E-state index is 0.158. The number of nitrogens with zero attached hydrogens (tertiary/aromatic N) is 4. The second-order valence-corrected chi connectivity index (χ2v) is 9.86. The number of hydrogen-bond donors (Lipinski definition) is 1. The SMILES string of the molecule is COc1cc(/C=N/NC(=O)CSc2nnc(-c3ccc(C)cc3)n2C2CCCCC2)ccc1OC(C)=O. The van der Waals surface area contributed by atoms with E-state index in [9.17, 15) is 9.59 Å². The van der Waals surface area contributed by atoms with Crippen LogP contribution in [0.15, 0.2) is 52.7 Å². The first-order valence-electron chi connectivity index (χ1n) is 12.3. The molecule has 194 valence electrons. The van der Waals surface area contributed by atoms with Gasteiger partial charge < -0.3 is 9.47 Å². The number of hydrazone groups is 1. The van der Waals surface area contributed by atoms with Crippen LogP contribution in [0.3, 0.4) is 0 Å². The molecule has 1 aliphatic rings. The zero-order chi connectivity index (χ0) is 26.2. The van der Waals surface area contributed by atoms with Gasteiger partial charge in [0.25, 0.3) is 5.91 Å². The highest BCUT2D eigenvalue weighted by molar-refractivity contribution is 7.99. The lowest BCUT2D eigenvalue weighted by Crippen LogP contribution is -2.20. The molecule has 10 heteroatoms. The molecule has 1 aromatic heterocycles. The van der Waals surface area contributed by atoms with Crippen LogP contribution < -0.4 is 14.9 Å². The van der Waals surface area contributed by atoms with Crippen LogP contribution in [0.5, 0.6) is 11.5 Å². The van der Waals surface area contributed by atoms with E-state index >= 15 is 0 Å². The highest BCUT2D eigenvalue weighted by atomic mass is 32.2. The molecule has 1 N–H and O–H groups in total. The molecule has 4 rings (SSSR count). The van der Waals surface area contributed by atoms with Crippen molar-refractivity contribution in [1.82, 2.24) is 20.2 Å². The molecular formula is C27H31N5O4S. The first-order chi connectivity index (χ1) is 17.9. The monoisotopic (exact) mass is 521 g/mol. The van der Waals surface area contributed by atoms with E-state index in [1.54, 1.807) is 18.2 Å². The Labute approximate surface area is 220 Å². The fourth-order valence-electron chi connectivity index (χ4n) is 4.29. The van der Waals surface area contributed by atoms with Crippen molar-refractivity contribution >= 4 is 29.9 Å². The number of benzene rings is 2. The van der Waals surface area contributed by atoms with Gasteiger partial charge in [-0.25, -0.2) is 5.43 Å². The van der Waals surface area contributed by atoms with Crippen molar-refractivity contribution in [3.05, 3.63) is 53.6 Å². The number of rotatable bonds is 9. The molecule has 0 unspecified atom stereocenters. The Bertz CT molecular complexity index is 1270. The second kappa shape index (κ2) is 12.5. The first kappa shape index (κ1) is 26.4. The van der Waals surface area contributed by atoms with Crippen molar-refractivity contribution in [2.75, 3.05) is 12.9 Å².